The summed E-state index contributed by atoms with van der Waals surface area (Å²) in [5.41, 5.74) is 1.99. The molecule has 0 saturated heterocycles. The molecule has 4 nitrogen and oxygen atoms in total. The van der Waals surface area contributed by atoms with Crippen LogP contribution in [-0.2, 0) is 4.79 Å². The number of rotatable bonds is 9. The summed E-state index contributed by atoms with van der Waals surface area (Å²) in [6.45, 7) is 5.31. The maximum atomic E-state index is 12.9. The van der Waals surface area contributed by atoms with Crippen molar-refractivity contribution in [1.82, 2.24) is 5.32 Å². The highest BCUT2D eigenvalue weighted by molar-refractivity contribution is 9.10. The van der Waals surface area contributed by atoms with Crippen molar-refractivity contribution in [3.05, 3.63) is 49.6 Å². The minimum absolute atomic E-state index is 0.0227. The number of carbonyl (C=O) groups excluding carboxylic acids is 1. The third kappa shape index (κ3) is 7.84. The van der Waals surface area contributed by atoms with Crippen LogP contribution >= 0.6 is 39.0 Å². The molecule has 0 saturated carbocycles. The second-order valence-electron chi connectivity index (χ2n) is 7.28. The average Bonchev–Trinajstić information content (AvgIpc) is 3.16. The predicted molar refractivity (Wildman–Crippen MR) is 121 cm³/mol. The number of nitrogens with one attached hydrogen (secondary N) is 1. The fourth-order valence-electron chi connectivity index (χ4n) is 2.76. The summed E-state index contributed by atoms with van der Waals surface area (Å²) in [6.07, 6.45) is -5.30. The lowest BCUT2D eigenvalue weighted by Gasteiger charge is -2.17. The first-order valence-corrected chi connectivity index (χ1v) is 12.0. The number of halogens is 4. The Labute approximate surface area is 195 Å². The number of aliphatic carboxylic acids is 1. The maximum Gasteiger partial charge on any atom is 0.389 e. The van der Waals surface area contributed by atoms with Gasteiger partial charge in [0.25, 0.3) is 5.91 Å². The highest BCUT2D eigenvalue weighted by Crippen LogP contribution is 2.44. The molecule has 2 atom stereocenters. The van der Waals surface area contributed by atoms with E-state index in [1.54, 1.807) is 12.1 Å². The molecule has 1 aromatic heterocycles. The van der Waals surface area contributed by atoms with E-state index in [9.17, 15) is 22.8 Å². The number of hydrogen-bond donors (Lipinski definition) is 2. The smallest absolute Gasteiger partial charge is 0.389 e. The summed E-state index contributed by atoms with van der Waals surface area (Å²) >= 11 is 5.98. The zero-order valence-electron chi connectivity index (χ0n) is 17.2. The Morgan fingerprint density at radius 3 is 2.39 bits per heavy atom. The molecule has 1 heterocycles. The van der Waals surface area contributed by atoms with Crippen LogP contribution in [0.4, 0.5) is 13.2 Å². The van der Waals surface area contributed by atoms with Crippen molar-refractivity contribution in [1.29, 1.82) is 0 Å². The van der Waals surface area contributed by atoms with Gasteiger partial charge < -0.3 is 10.4 Å². The number of aryl methyl sites for hydroxylation is 2. The Bertz CT molecular complexity index is 923. The van der Waals surface area contributed by atoms with Gasteiger partial charge in [-0.2, -0.15) is 13.2 Å². The molecule has 2 rings (SSSR count). The molecule has 0 aliphatic rings. The van der Waals surface area contributed by atoms with Gasteiger partial charge in [-0.25, -0.2) is 0 Å². The van der Waals surface area contributed by atoms with Gasteiger partial charge >= 0.3 is 12.1 Å². The number of benzene rings is 1. The van der Waals surface area contributed by atoms with Crippen molar-refractivity contribution in [3.8, 4) is 0 Å². The van der Waals surface area contributed by atoms with Gasteiger partial charge in [0, 0.05) is 32.5 Å². The van der Waals surface area contributed by atoms with E-state index in [2.05, 4.69) is 21.2 Å². The Balaban J connectivity index is 2.20. The van der Waals surface area contributed by atoms with E-state index in [4.69, 9.17) is 5.11 Å². The van der Waals surface area contributed by atoms with Gasteiger partial charge in [-0.15, -0.1) is 23.1 Å². The number of hydrogen-bond acceptors (Lipinski definition) is 4. The number of carboxylic acid groups (broad SMARTS) is 1. The number of carbonyl (C=O) groups is 2. The zero-order chi connectivity index (χ0) is 23.3. The van der Waals surface area contributed by atoms with Crippen LogP contribution in [0.25, 0.3) is 0 Å². The normalized spacial score (nSPS) is 13.6. The molecule has 0 radical (unpaired) electrons. The van der Waals surface area contributed by atoms with Crippen LogP contribution in [0.15, 0.2) is 33.6 Å². The van der Waals surface area contributed by atoms with E-state index in [0.29, 0.717) is 9.75 Å². The SMILES string of the molecule is Cc1cc(SC(CCC(F)(F)F)c2ccc(C(=O)NCC(C)C(=O)O)s2)cc(C)c1Br. The lowest BCUT2D eigenvalue weighted by Crippen LogP contribution is -2.30. The Hall–Kier alpha value is -1.52. The number of amides is 1. The Kier molecular flexibility index (Phi) is 9.03. The molecule has 170 valence electrons. The summed E-state index contributed by atoms with van der Waals surface area (Å²) < 4.78 is 39.7. The van der Waals surface area contributed by atoms with Gasteiger partial charge in [0.2, 0.25) is 0 Å². The molecule has 31 heavy (non-hydrogen) atoms. The summed E-state index contributed by atoms with van der Waals surface area (Å²) in [4.78, 5) is 25.1. The first-order chi connectivity index (χ1) is 14.4. The van der Waals surface area contributed by atoms with Gasteiger partial charge in [0.15, 0.2) is 0 Å². The highest BCUT2D eigenvalue weighted by Gasteiger charge is 2.30. The lowest BCUT2D eigenvalue weighted by atomic mass is 10.2. The summed E-state index contributed by atoms with van der Waals surface area (Å²) in [5.74, 6) is -2.18. The van der Waals surface area contributed by atoms with Crippen molar-refractivity contribution >= 4 is 50.9 Å². The van der Waals surface area contributed by atoms with E-state index in [1.165, 1.54) is 18.7 Å². The largest absolute Gasteiger partial charge is 0.481 e. The van der Waals surface area contributed by atoms with Crippen molar-refractivity contribution in [2.75, 3.05) is 6.54 Å². The summed E-state index contributed by atoms with van der Waals surface area (Å²) in [5, 5.41) is 11.0. The minimum atomic E-state index is -4.27. The second-order valence-corrected chi connectivity index (χ2v) is 10.5. The standard InChI is InChI=1S/C21H23BrF3NO3S2/c1-11-8-14(9-12(2)18(11)22)30-16(6-7-21(23,24)25)15-4-5-17(31-15)19(27)26-10-13(3)20(28)29/h4-5,8-9,13,16H,6-7,10H2,1-3H3,(H,26,27)(H,28,29). The monoisotopic (exact) mass is 537 g/mol. The molecular formula is C21H23BrF3NO3S2. The van der Waals surface area contributed by atoms with Crippen LogP contribution in [0.2, 0.25) is 0 Å². The fourth-order valence-corrected chi connectivity index (χ4v) is 5.47. The number of thiophene rings is 1. The van der Waals surface area contributed by atoms with Crippen LogP contribution in [0.3, 0.4) is 0 Å². The predicted octanol–water partition coefficient (Wildman–Crippen LogP) is 6.75. The molecule has 2 aromatic rings. The number of thioether (sulfide) groups is 1. The molecule has 0 aliphatic carbocycles. The molecule has 2 N–H and O–H groups in total. The van der Waals surface area contributed by atoms with Crippen molar-refractivity contribution in [3.63, 3.8) is 0 Å². The van der Waals surface area contributed by atoms with E-state index in [-0.39, 0.29) is 13.0 Å². The first kappa shape index (κ1) is 25.7. The van der Waals surface area contributed by atoms with E-state index < -0.39 is 35.6 Å². The second kappa shape index (κ2) is 10.9. The maximum absolute atomic E-state index is 12.9. The fraction of sp³-hybridized carbons (Fsp3) is 0.429. The molecule has 1 amide bonds. The third-order valence-corrected chi connectivity index (χ3v) is 8.42. The molecular weight excluding hydrogens is 515 g/mol. The van der Waals surface area contributed by atoms with Crippen LogP contribution in [0, 0.1) is 19.8 Å². The van der Waals surface area contributed by atoms with Gasteiger partial charge in [0.1, 0.15) is 0 Å². The summed E-state index contributed by atoms with van der Waals surface area (Å²) in [7, 11) is 0. The van der Waals surface area contributed by atoms with Crippen LogP contribution < -0.4 is 5.32 Å². The van der Waals surface area contributed by atoms with Gasteiger partial charge in [-0.3, -0.25) is 9.59 Å². The average molecular weight is 538 g/mol. The molecule has 10 heteroatoms. The molecule has 0 spiro atoms. The van der Waals surface area contributed by atoms with E-state index in [0.717, 1.165) is 31.8 Å². The third-order valence-electron chi connectivity index (χ3n) is 4.54. The lowest BCUT2D eigenvalue weighted by molar-refractivity contribution is -0.141. The Morgan fingerprint density at radius 2 is 1.84 bits per heavy atom. The van der Waals surface area contributed by atoms with Crippen molar-refractivity contribution < 1.29 is 27.9 Å². The number of alkyl halides is 3. The van der Waals surface area contributed by atoms with E-state index in [1.807, 2.05) is 26.0 Å². The van der Waals surface area contributed by atoms with Crippen LogP contribution in [-0.4, -0.2) is 29.7 Å². The minimum Gasteiger partial charge on any atom is -0.481 e. The highest BCUT2D eigenvalue weighted by atomic mass is 79.9. The molecule has 0 bridgehead atoms. The molecule has 0 fully saturated rings. The van der Waals surface area contributed by atoms with Crippen molar-refractivity contribution in [2.45, 2.75) is 49.9 Å². The molecule has 0 aliphatic heterocycles. The summed E-state index contributed by atoms with van der Waals surface area (Å²) in [6, 6.07) is 7.10. The topological polar surface area (TPSA) is 66.4 Å². The van der Waals surface area contributed by atoms with Crippen molar-refractivity contribution in [2.24, 2.45) is 5.92 Å². The quantitative estimate of drug-likeness (QED) is 0.347. The first-order valence-electron chi connectivity index (χ1n) is 9.48. The Morgan fingerprint density at radius 1 is 1.23 bits per heavy atom. The van der Waals surface area contributed by atoms with Crippen LogP contribution in [0.5, 0.6) is 0 Å². The number of carboxylic acids is 1. The van der Waals surface area contributed by atoms with Gasteiger partial charge in [0.05, 0.1) is 10.8 Å². The van der Waals surface area contributed by atoms with Crippen LogP contribution in [0.1, 0.15) is 50.7 Å². The van der Waals surface area contributed by atoms with Gasteiger partial charge in [-0.05, 0) is 55.7 Å². The molecule has 2 unspecified atom stereocenters. The molecule has 1 aromatic carbocycles. The zero-order valence-corrected chi connectivity index (χ0v) is 20.4. The van der Waals surface area contributed by atoms with Gasteiger partial charge in [-0.1, -0.05) is 22.9 Å². The van der Waals surface area contributed by atoms with E-state index >= 15 is 0 Å².